The maximum Gasteiger partial charge on any atom is 0.128 e. The molecule has 0 spiro atoms. The number of aryl methyl sites for hydroxylation is 2. The highest BCUT2D eigenvalue weighted by atomic mass is 19.1. The molecule has 4 heteroatoms. The van der Waals surface area contributed by atoms with Crippen LogP contribution in [0.2, 0.25) is 0 Å². The van der Waals surface area contributed by atoms with Gasteiger partial charge in [-0.2, -0.15) is 0 Å². The van der Waals surface area contributed by atoms with E-state index in [2.05, 4.69) is 5.32 Å². The van der Waals surface area contributed by atoms with Gasteiger partial charge in [0, 0.05) is 5.56 Å². The number of rotatable bonds is 4. The lowest BCUT2D eigenvalue weighted by molar-refractivity contribution is 0.424. The number of hydrogen-bond donors (Lipinski definition) is 1. The van der Waals surface area contributed by atoms with E-state index in [9.17, 15) is 8.78 Å². The predicted molar refractivity (Wildman–Crippen MR) is 70.1 cm³/mol. The Morgan fingerprint density at radius 2 is 1.89 bits per heavy atom. The molecule has 0 aliphatic rings. The van der Waals surface area contributed by atoms with Crippen molar-refractivity contribution in [2.75, 3.05) is 6.54 Å². The molecule has 1 unspecified atom stereocenters. The van der Waals surface area contributed by atoms with Crippen LogP contribution in [0.3, 0.4) is 0 Å². The molecule has 2 aromatic rings. The second kappa shape index (κ2) is 5.53. The van der Waals surface area contributed by atoms with Crippen LogP contribution in [0.1, 0.15) is 35.6 Å². The lowest BCUT2D eigenvalue weighted by Crippen LogP contribution is -2.23. The third-order valence-electron chi connectivity index (χ3n) is 3.04. The van der Waals surface area contributed by atoms with Crippen molar-refractivity contribution in [1.29, 1.82) is 0 Å². The largest absolute Gasteiger partial charge is 0.464 e. The van der Waals surface area contributed by atoms with E-state index in [1.165, 1.54) is 12.1 Å². The van der Waals surface area contributed by atoms with Crippen molar-refractivity contribution >= 4 is 0 Å². The molecule has 1 N–H and O–H groups in total. The molecule has 0 saturated carbocycles. The molecular weight excluding hydrogens is 248 g/mol. The van der Waals surface area contributed by atoms with E-state index in [1.54, 1.807) is 13.0 Å². The summed E-state index contributed by atoms with van der Waals surface area (Å²) in [6, 6.07) is 5.55. The summed E-state index contributed by atoms with van der Waals surface area (Å²) >= 11 is 0. The van der Waals surface area contributed by atoms with Crippen molar-refractivity contribution in [1.82, 2.24) is 5.32 Å². The molecule has 1 heterocycles. The Labute approximate surface area is 111 Å². The van der Waals surface area contributed by atoms with Gasteiger partial charge in [0.15, 0.2) is 0 Å². The Bertz CT molecular complexity index is 578. The molecule has 2 rings (SSSR count). The molecule has 1 aromatic heterocycles. The van der Waals surface area contributed by atoms with Gasteiger partial charge in [-0.15, -0.1) is 0 Å². The summed E-state index contributed by atoms with van der Waals surface area (Å²) in [5, 5.41) is 3.12. The van der Waals surface area contributed by atoms with E-state index in [0.29, 0.717) is 17.9 Å². The normalized spacial score (nSPS) is 12.7. The van der Waals surface area contributed by atoms with Gasteiger partial charge >= 0.3 is 0 Å². The van der Waals surface area contributed by atoms with Crippen LogP contribution in [0.5, 0.6) is 0 Å². The van der Waals surface area contributed by atoms with Gasteiger partial charge in [0.05, 0.1) is 6.04 Å². The maximum absolute atomic E-state index is 14.0. The first kappa shape index (κ1) is 13.7. The first-order chi connectivity index (χ1) is 9.02. The lowest BCUT2D eigenvalue weighted by atomic mass is 10.0. The molecule has 2 nitrogen and oxygen atoms in total. The highest BCUT2D eigenvalue weighted by molar-refractivity contribution is 5.32. The minimum atomic E-state index is -0.478. The van der Waals surface area contributed by atoms with Crippen LogP contribution < -0.4 is 5.32 Å². The van der Waals surface area contributed by atoms with Gasteiger partial charge in [-0.05, 0) is 50.2 Å². The molecule has 0 bridgehead atoms. The van der Waals surface area contributed by atoms with Crippen molar-refractivity contribution < 1.29 is 13.2 Å². The van der Waals surface area contributed by atoms with Crippen molar-refractivity contribution in [2.45, 2.75) is 26.8 Å². The summed E-state index contributed by atoms with van der Waals surface area (Å²) < 4.78 is 33.2. The molecule has 0 amide bonds. The molecule has 0 saturated heterocycles. The van der Waals surface area contributed by atoms with E-state index in [0.717, 1.165) is 5.76 Å². The zero-order valence-corrected chi connectivity index (χ0v) is 11.3. The van der Waals surface area contributed by atoms with Gasteiger partial charge in [-0.1, -0.05) is 6.92 Å². The van der Waals surface area contributed by atoms with Gasteiger partial charge < -0.3 is 9.73 Å². The van der Waals surface area contributed by atoms with Gasteiger partial charge in [0.2, 0.25) is 0 Å². The topological polar surface area (TPSA) is 25.2 Å². The second-order valence-corrected chi connectivity index (χ2v) is 4.56. The summed E-state index contributed by atoms with van der Waals surface area (Å²) in [5.74, 6) is 0.480. The van der Waals surface area contributed by atoms with Crippen molar-refractivity contribution in [3.63, 3.8) is 0 Å². The number of benzene rings is 1. The third-order valence-corrected chi connectivity index (χ3v) is 3.04. The SMILES string of the molecule is CCNC(c1ccc(C)o1)c1cc(F)c(C)cc1F. The smallest absolute Gasteiger partial charge is 0.128 e. The number of furan rings is 1. The van der Waals surface area contributed by atoms with Crippen molar-refractivity contribution in [3.8, 4) is 0 Å². The lowest BCUT2D eigenvalue weighted by Gasteiger charge is -2.17. The molecule has 1 aromatic carbocycles. The van der Waals surface area contributed by atoms with E-state index in [-0.39, 0.29) is 5.56 Å². The van der Waals surface area contributed by atoms with Crippen LogP contribution in [-0.4, -0.2) is 6.54 Å². The van der Waals surface area contributed by atoms with Crippen molar-refractivity contribution in [3.05, 3.63) is 58.5 Å². The standard InChI is InChI=1S/C15H17F2NO/c1-4-18-15(14-6-5-10(3)19-14)11-8-12(16)9(2)7-13(11)17/h5-8,15,18H,4H2,1-3H3. The van der Waals surface area contributed by atoms with E-state index in [4.69, 9.17) is 4.42 Å². The minimum absolute atomic E-state index is 0.263. The van der Waals surface area contributed by atoms with Gasteiger partial charge in [0.1, 0.15) is 23.2 Å². The fourth-order valence-corrected chi connectivity index (χ4v) is 2.06. The van der Waals surface area contributed by atoms with Crippen LogP contribution >= 0.6 is 0 Å². The van der Waals surface area contributed by atoms with Gasteiger partial charge in [0.25, 0.3) is 0 Å². The quantitative estimate of drug-likeness (QED) is 0.907. The van der Waals surface area contributed by atoms with E-state index >= 15 is 0 Å². The van der Waals surface area contributed by atoms with Gasteiger partial charge in [-0.25, -0.2) is 8.78 Å². The van der Waals surface area contributed by atoms with Crippen LogP contribution in [0.4, 0.5) is 8.78 Å². The predicted octanol–water partition coefficient (Wildman–Crippen LogP) is 3.87. The van der Waals surface area contributed by atoms with Crippen LogP contribution in [0.25, 0.3) is 0 Å². The van der Waals surface area contributed by atoms with E-state index in [1.807, 2.05) is 19.9 Å². The summed E-state index contributed by atoms with van der Waals surface area (Å²) in [5.41, 5.74) is 0.562. The molecule has 102 valence electrons. The summed E-state index contributed by atoms with van der Waals surface area (Å²) in [6.07, 6.45) is 0. The van der Waals surface area contributed by atoms with E-state index < -0.39 is 17.7 Å². The molecule has 19 heavy (non-hydrogen) atoms. The average molecular weight is 265 g/mol. The Hall–Kier alpha value is -1.68. The van der Waals surface area contributed by atoms with Crippen molar-refractivity contribution in [2.24, 2.45) is 0 Å². The highest BCUT2D eigenvalue weighted by Gasteiger charge is 2.21. The number of hydrogen-bond acceptors (Lipinski definition) is 2. The Kier molecular flexibility index (Phi) is 4.00. The number of halogens is 2. The summed E-state index contributed by atoms with van der Waals surface area (Å²) in [4.78, 5) is 0. The first-order valence-corrected chi connectivity index (χ1v) is 6.28. The minimum Gasteiger partial charge on any atom is -0.464 e. The van der Waals surface area contributed by atoms with Crippen LogP contribution in [-0.2, 0) is 0 Å². The molecule has 0 radical (unpaired) electrons. The molecule has 0 aliphatic carbocycles. The maximum atomic E-state index is 14.0. The molecular formula is C15H17F2NO. The van der Waals surface area contributed by atoms with Crippen LogP contribution in [0, 0.1) is 25.5 Å². The fourth-order valence-electron chi connectivity index (χ4n) is 2.06. The Morgan fingerprint density at radius 1 is 1.16 bits per heavy atom. The fraction of sp³-hybridized carbons (Fsp3) is 0.333. The Morgan fingerprint density at radius 3 is 2.47 bits per heavy atom. The first-order valence-electron chi connectivity index (χ1n) is 6.28. The molecule has 1 atom stereocenters. The summed E-state index contributed by atoms with van der Waals surface area (Å²) in [6.45, 7) is 5.89. The average Bonchev–Trinajstić information content (AvgIpc) is 2.78. The Balaban J connectivity index is 2.47. The zero-order valence-electron chi connectivity index (χ0n) is 11.3. The molecule has 0 fully saturated rings. The third kappa shape index (κ3) is 2.84. The molecule has 0 aliphatic heterocycles. The summed E-state index contributed by atoms with van der Waals surface area (Å²) in [7, 11) is 0. The monoisotopic (exact) mass is 265 g/mol. The zero-order chi connectivity index (χ0) is 14.0. The number of nitrogens with one attached hydrogen (secondary N) is 1. The second-order valence-electron chi connectivity index (χ2n) is 4.56. The van der Waals surface area contributed by atoms with Crippen LogP contribution in [0.15, 0.2) is 28.7 Å². The van der Waals surface area contributed by atoms with Gasteiger partial charge in [-0.3, -0.25) is 0 Å². The highest BCUT2D eigenvalue weighted by Crippen LogP contribution is 2.27.